The molecular weight excluding hydrogens is 208 g/mol. The zero-order valence-electron chi connectivity index (χ0n) is 9.77. The van der Waals surface area contributed by atoms with Crippen LogP contribution >= 0.6 is 0 Å². The van der Waals surface area contributed by atoms with Gasteiger partial charge in [0.1, 0.15) is 6.07 Å². The minimum absolute atomic E-state index is 0.687. The summed E-state index contributed by atoms with van der Waals surface area (Å²) < 4.78 is 0. The molecule has 0 fully saturated rings. The zero-order chi connectivity index (χ0) is 12.1. The van der Waals surface area contributed by atoms with Gasteiger partial charge in [-0.1, -0.05) is 36.4 Å². The molecule has 84 valence electrons. The van der Waals surface area contributed by atoms with E-state index in [-0.39, 0.29) is 0 Å². The topological polar surface area (TPSA) is 35.8 Å². The molecule has 0 aliphatic carbocycles. The quantitative estimate of drug-likeness (QED) is 0.863. The third-order valence-corrected chi connectivity index (χ3v) is 2.62. The molecule has 0 amide bonds. The Morgan fingerprint density at radius 2 is 1.88 bits per heavy atom. The fourth-order valence-electron chi connectivity index (χ4n) is 1.69. The lowest BCUT2D eigenvalue weighted by Gasteiger charge is -2.09. The van der Waals surface area contributed by atoms with Gasteiger partial charge >= 0.3 is 0 Å². The molecule has 0 radical (unpaired) electrons. The third kappa shape index (κ3) is 2.85. The number of rotatable bonds is 3. The van der Waals surface area contributed by atoms with Gasteiger partial charge in [-0.2, -0.15) is 5.26 Å². The van der Waals surface area contributed by atoms with E-state index in [1.54, 1.807) is 0 Å². The molecule has 0 saturated heterocycles. The normalized spacial score (nSPS) is 9.65. The van der Waals surface area contributed by atoms with Crippen molar-refractivity contribution in [1.29, 1.82) is 5.26 Å². The molecule has 0 unspecified atom stereocenters. The van der Waals surface area contributed by atoms with E-state index < -0.39 is 0 Å². The maximum atomic E-state index is 9.02. The SMILES string of the molecule is Cc1ccc(C#N)c(NCc2ccccc2)c1. The number of hydrogen-bond acceptors (Lipinski definition) is 2. The van der Waals surface area contributed by atoms with E-state index in [4.69, 9.17) is 5.26 Å². The number of anilines is 1. The van der Waals surface area contributed by atoms with Crippen molar-refractivity contribution < 1.29 is 0 Å². The summed E-state index contributed by atoms with van der Waals surface area (Å²) in [6, 6.07) is 18.1. The molecule has 0 heterocycles. The Kier molecular flexibility index (Phi) is 3.42. The predicted molar refractivity (Wildman–Crippen MR) is 69.7 cm³/mol. The number of hydrogen-bond donors (Lipinski definition) is 1. The molecule has 1 N–H and O–H groups in total. The van der Waals surface area contributed by atoms with Crippen LogP contribution in [0.1, 0.15) is 16.7 Å². The Labute approximate surface area is 102 Å². The van der Waals surface area contributed by atoms with Crippen LogP contribution in [0.2, 0.25) is 0 Å². The highest BCUT2D eigenvalue weighted by molar-refractivity contribution is 5.58. The maximum absolute atomic E-state index is 9.02. The fraction of sp³-hybridized carbons (Fsp3) is 0.133. The van der Waals surface area contributed by atoms with Gasteiger partial charge in [0.15, 0.2) is 0 Å². The van der Waals surface area contributed by atoms with Crippen LogP contribution in [-0.4, -0.2) is 0 Å². The molecule has 2 aromatic carbocycles. The van der Waals surface area contributed by atoms with E-state index in [1.807, 2.05) is 43.3 Å². The summed E-state index contributed by atoms with van der Waals surface area (Å²) in [5.74, 6) is 0. The third-order valence-electron chi connectivity index (χ3n) is 2.62. The second kappa shape index (κ2) is 5.18. The van der Waals surface area contributed by atoms with E-state index in [0.717, 1.165) is 17.8 Å². The van der Waals surface area contributed by atoms with Gasteiger partial charge in [0.25, 0.3) is 0 Å². The van der Waals surface area contributed by atoms with Gasteiger partial charge in [0.05, 0.1) is 11.3 Å². The molecule has 2 rings (SSSR count). The Hall–Kier alpha value is -2.27. The lowest BCUT2D eigenvalue weighted by atomic mass is 10.1. The molecule has 0 bridgehead atoms. The molecule has 0 atom stereocenters. The first kappa shape index (κ1) is 11.2. The zero-order valence-corrected chi connectivity index (χ0v) is 9.77. The standard InChI is InChI=1S/C15H14N2/c1-12-7-8-14(10-16)15(9-12)17-11-13-5-3-2-4-6-13/h2-9,17H,11H2,1H3. The second-order valence-electron chi connectivity index (χ2n) is 4.00. The monoisotopic (exact) mass is 222 g/mol. The molecule has 0 aromatic heterocycles. The minimum Gasteiger partial charge on any atom is -0.380 e. The predicted octanol–water partition coefficient (Wildman–Crippen LogP) is 3.48. The van der Waals surface area contributed by atoms with Crippen molar-refractivity contribution in [3.05, 3.63) is 65.2 Å². The molecule has 0 aliphatic heterocycles. The van der Waals surface area contributed by atoms with Crippen LogP contribution in [0.25, 0.3) is 0 Å². The van der Waals surface area contributed by atoms with E-state index in [0.29, 0.717) is 5.56 Å². The van der Waals surface area contributed by atoms with Crippen LogP contribution in [0.3, 0.4) is 0 Å². The van der Waals surface area contributed by atoms with E-state index in [1.165, 1.54) is 5.56 Å². The average Bonchev–Trinajstić information content (AvgIpc) is 2.38. The summed E-state index contributed by atoms with van der Waals surface area (Å²) in [5.41, 5.74) is 3.94. The first-order chi connectivity index (χ1) is 8.29. The van der Waals surface area contributed by atoms with Gasteiger partial charge in [0.2, 0.25) is 0 Å². The van der Waals surface area contributed by atoms with Crippen LogP contribution in [0, 0.1) is 18.3 Å². The second-order valence-corrected chi connectivity index (χ2v) is 4.00. The van der Waals surface area contributed by atoms with Crippen molar-refractivity contribution in [2.24, 2.45) is 0 Å². The van der Waals surface area contributed by atoms with Crippen LogP contribution in [0.4, 0.5) is 5.69 Å². The average molecular weight is 222 g/mol. The van der Waals surface area contributed by atoms with Gasteiger partial charge in [-0.05, 0) is 30.2 Å². The Morgan fingerprint density at radius 1 is 1.12 bits per heavy atom. The van der Waals surface area contributed by atoms with Crippen LogP contribution in [0.5, 0.6) is 0 Å². The minimum atomic E-state index is 0.687. The van der Waals surface area contributed by atoms with Gasteiger partial charge in [-0.15, -0.1) is 0 Å². The summed E-state index contributed by atoms with van der Waals surface area (Å²) in [7, 11) is 0. The molecule has 17 heavy (non-hydrogen) atoms. The highest BCUT2D eigenvalue weighted by Gasteiger charge is 2.01. The number of nitrogens with zero attached hydrogens (tertiary/aromatic N) is 1. The van der Waals surface area contributed by atoms with Crippen LogP contribution < -0.4 is 5.32 Å². The summed E-state index contributed by atoms with van der Waals surface area (Å²) >= 11 is 0. The lowest BCUT2D eigenvalue weighted by molar-refractivity contribution is 1.14. The van der Waals surface area contributed by atoms with Gasteiger partial charge in [-0.3, -0.25) is 0 Å². The molecule has 0 spiro atoms. The first-order valence-corrected chi connectivity index (χ1v) is 5.58. The largest absolute Gasteiger partial charge is 0.380 e. The molecule has 2 aromatic rings. The van der Waals surface area contributed by atoms with Gasteiger partial charge < -0.3 is 5.32 Å². The highest BCUT2D eigenvalue weighted by atomic mass is 14.9. The van der Waals surface area contributed by atoms with Crippen molar-refractivity contribution in [2.75, 3.05) is 5.32 Å². The highest BCUT2D eigenvalue weighted by Crippen LogP contribution is 2.17. The number of benzene rings is 2. The van der Waals surface area contributed by atoms with Crippen molar-refractivity contribution >= 4 is 5.69 Å². The summed E-state index contributed by atoms with van der Waals surface area (Å²) in [6.45, 7) is 2.76. The molecule has 0 aliphatic rings. The molecular formula is C15H14N2. The Bertz CT molecular complexity index is 539. The maximum Gasteiger partial charge on any atom is 0.101 e. The fourth-order valence-corrected chi connectivity index (χ4v) is 1.69. The first-order valence-electron chi connectivity index (χ1n) is 5.58. The number of nitriles is 1. The number of nitrogens with one attached hydrogen (secondary N) is 1. The van der Waals surface area contributed by atoms with Crippen molar-refractivity contribution in [3.63, 3.8) is 0 Å². The molecule has 2 heteroatoms. The van der Waals surface area contributed by atoms with Crippen LogP contribution in [-0.2, 0) is 6.54 Å². The molecule has 0 saturated carbocycles. The Balaban J connectivity index is 2.14. The lowest BCUT2D eigenvalue weighted by Crippen LogP contribution is -2.01. The summed E-state index contributed by atoms with van der Waals surface area (Å²) in [5, 5.41) is 12.3. The van der Waals surface area contributed by atoms with Crippen LogP contribution in [0.15, 0.2) is 48.5 Å². The van der Waals surface area contributed by atoms with Crippen molar-refractivity contribution in [3.8, 4) is 6.07 Å². The van der Waals surface area contributed by atoms with Crippen molar-refractivity contribution in [1.82, 2.24) is 0 Å². The number of aryl methyl sites for hydroxylation is 1. The van der Waals surface area contributed by atoms with E-state index in [9.17, 15) is 0 Å². The Morgan fingerprint density at radius 3 is 2.59 bits per heavy atom. The molecule has 2 nitrogen and oxygen atoms in total. The smallest absolute Gasteiger partial charge is 0.101 e. The van der Waals surface area contributed by atoms with Crippen molar-refractivity contribution in [2.45, 2.75) is 13.5 Å². The van der Waals surface area contributed by atoms with E-state index >= 15 is 0 Å². The summed E-state index contributed by atoms with van der Waals surface area (Å²) in [4.78, 5) is 0. The summed E-state index contributed by atoms with van der Waals surface area (Å²) in [6.07, 6.45) is 0. The van der Waals surface area contributed by atoms with Gasteiger partial charge in [0, 0.05) is 6.54 Å². The van der Waals surface area contributed by atoms with E-state index in [2.05, 4.69) is 23.5 Å². The van der Waals surface area contributed by atoms with Gasteiger partial charge in [-0.25, -0.2) is 0 Å².